The fraction of sp³-hybridized carbons (Fsp3) is 1.00. The van der Waals surface area contributed by atoms with Crippen LogP contribution in [0, 0.1) is 0 Å². The standard InChI is InChI=1S/C2H10OSi2/c3-5-2-1-4/h3H,1-2,5H2,4H3. The summed E-state index contributed by atoms with van der Waals surface area (Å²) in [5.74, 6) is 0. The highest BCUT2D eigenvalue weighted by molar-refractivity contribution is 6.27. The molecule has 5 heavy (non-hydrogen) atoms. The van der Waals surface area contributed by atoms with Crippen LogP contribution in [0.25, 0.3) is 0 Å². The van der Waals surface area contributed by atoms with E-state index in [0.717, 1.165) is 6.04 Å². The second-order valence-electron chi connectivity index (χ2n) is 1.08. The predicted octanol–water partition coefficient (Wildman–Crippen LogP) is -1.74. The van der Waals surface area contributed by atoms with Crippen molar-refractivity contribution in [2.45, 2.75) is 12.1 Å². The summed E-state index contributed by atoms with van der Waals surface area (Å²) >= 11 is 0. The summed E-state index contributed by atoms with van der Waals surface area (Å²) in [5.41, 5.74) is 0. The lowest BCUT2D eigenvalue weighted by molar-refractivity contribution is 0.602. The van der Waals surface area contributed by atoms with Gasteiger partial charge in [0.15, 0.2) is 9.76 Å². The Bertz CT molecular complexity index is 15.1. The molecular formula is C2H10OSi2. The first-order valence-electron chi connectivity index (χ1n) is 2.02. The molecule has 0 rings (SSSR count). The highest BCUT2D eigenvalue weighted by Crippen LogP contribution is 1.76. The zero-order valence-electron chi connectivity index (χ0n) is 3.57. The van der Waals surface area contributed by atoms with Gasteiger partial charge < -0.3 is 4.80 Å². The van der Waals surface area contributed by atoms with E-state index in [1.54, 1.807) is 0 Å². The Morgan fingerprint density at radius 3 is 2.40 bits per heavy atom. The van der Waals surface area contributed by atoms with Gasteiger partial charge in [-0.15, -0.1) is 0 Å². The molecule has 0 saturated heterocycles. The lowest BCUT2D eigenvalue weighted by Gasteiger charge is -1.77. The molecule has 0 unspecified atom stereocenters. The molecule has 0 aromatic rings. The lowest BCUT2D eigenvalue weighted by atomic mass is 11.0. The van der Waals surface area contributed by atoms with E-state index in [2.05, 4.69) is 0 Å². The normalized spacial score (nSPS) is 11.4. The van der Waals surface area contributed by atoms with Gasteiger partial charge in [0.2, 0.25) is 0 Å². The second-order valence-corrected chi connectivity index (χ2v) is 3.23. The van der Waals surface area contributed by atoms with Crippen molar-refractivity contribution in [3.8, 4) is 0 Å². The summed E-state index contributed by atoms with van der Waals surface area (Å²) in [5, 5.41) is 0. The van der Waals surface area contributed by atoms with Crippen LogP contribution in [0.5, 0.6) is 0 Å². The third kappa shape index (κ3) is 4.39. The molecule has 0 aliphatic heterocycles. The van der Waals surface area contributed by atoms with Gasteiger partial charge >= 0.3 is 0 Å². The van der Waals surface area contributed by atoms with Crippen LogP contribution in [0.1, 0.15) is 0 Å². The van der Waals surface area contributed by atoms with Crippen LogP contribution in [0.2, 0.25) is 12.1 Å². The minimum Gasteiger partial charge on any atom is -0.438 e. The van der Waals surface area contributed by atoms with Crippen LogP contribution in [-0.2, 0) is 0 Å². The zero-order valence-corrected chi connectivity index (χ0v) is 6.98. The quantitative estimate of drug-likeness (QED) is 0.415. The first-order chi connectivity index (χ1) is 2.41. The van der Waals surface area contributed by atoms with E-state index in [-0.39, 0.29) is 0 Å². The van der Waals surface area contributed by atoms with E-state index < -0.39 is 9.76 Å². The molecule has 0 atom stereocenters. The average Bonchev–Trinajstić information content (AvgIpc) is 1.41. The molecular weight excluding hydrogens is 96.2 g/mol. The molecule has 1 nitrogen and oxygen atoms in total. The molecule has 0 saturated carbocycles. The van der Waals surface area contributed by atoms with Crippen LogP contribution in [0.3, 0.4) is 0 Å². The Kier molecular flexibility index (Phi) is 4.74. The molecule has 0 bridgehead atoms. The predicted molar refractivity (Wildman–Crippen MR) is 30.3 cm³/mol. The maximum atomic E-state index is 8.23. The van der Waals surface area contributed by atoms with Crippen molar-refractivity contribution in [2.75, 3.05) is 0 Å². The first-order valence-corrected chi connectivity index (χ1v) is 5.07. The summed E-state index contributed by atoms with van der Waals surface area (Å²) in [4.78, 5) is 8.23. The van der Waals surface area contributed by atoms with Crippen molar-refractivity contribution in [3.05, 3.63) is 0 Å². The van der Waals surface area contributed by atoms with Gasteiger partial charge in [0.25, 0.3) is 0 Å². The van der Waals surface area contributed by atoms with Gasteiger partial charge in [-0.05, 0) is 6.04 Å². The number of hydrogen-bond donors (Lipinski definition) is 1. The highest BCUT2D eigenvalue weighted by atomic mass is 28.2. The molecule has 0 radical (unpaired) electrons. The van der Waals surface area contributed by atoms with E-state index in [1.165, 1.54) is 16.3 Å². The van der Waals surface area contributed by atoms with E-state index in [1.807, 2.05) is 0 Å². The molecule has 0 amide bonds. The van der Waals surface area contributed by atoms with Crippen molar-refractivity contribution in [2.24, 2.45) is 0 Å². The van der Waals surface area contributed by atoms with E-state index in [9.17, 15) is 0 Å². The molecule has 3 heteroatoms. The van der Waals surface area contributed by atoms with Crippen LogP contribution < -0.4 is 0 Å². The molecule has 0 spiro atoms. The third-order valence-corrected chi connectivity index (χ3v) is 3.66. The van der Waals surface area contributed by atoms with Crippen LogP contribution >= 0.6 is 0 Å². The third-order valence-electron chi connectivity index (χ3n) is 0.512. The van der Waals surface area contributed by atoms with Gasteiger partial charge in [-0.3, -0.25) is 0 Å². The highest BCUT2D eigenvalue weighted by Gasteiger charge is 1.71. The Morgan fingerprint density at radius 1 is 1.80 bits per heavy atom. The monoisotopic (exact) mass is 106 g/mol. The van der Waals surface area contributed by atoms with Gasteiger partial charge in [0, 0.05) is 10.2 Å². The lowest BCUT2D eigenvalue weighted by Crippen LogP contribution is -1.82. The summed E-state index contributed by atoms with van der Waals surface area (Å²) in [6.07, 6.45) is 0. The maximum absolute atomic E-state index is 8.23. The van der Waals surface area contributed by atoms with Gasteiger partial charge in [-0.2, -0.15) is 0 Å². The van der Waals surface area contributed by atoms with E-state index >= 15 is 0 Å². The minimum absolute atomic E-state index is 0.551. The topological polar surface area (TPSA) is 20.2 Å². The molecule has 0 aliphatic carbocycles. The van der Waals surface area contributed by atoms with E-state index in [4.69, 9.17) is 4.80 Å². The Hall–Kier alpha value is 0.394. The molecule has 0 aromatic heterocycles. The molecule has 32 valence electrons. The molecule has 0 heterocycles. The van der Waals surface area contributed by atoms with Crippen molar-refractivity contribution < 1.29 is 4.80 Å². The summed E-state index contributed by atoms with van der Waals surface area (Å²) in [6.45, 7) is 0. The van der Waals surface area contributed by atoms with Gasteiger partial charge in [0.05, 0.1) is 0 Å². The molecule has 1 N–H and O–H groups in total. The fourth-order valence-electron chi connectivity index (χ4n) is 0.158. The van der Waals surface area contributed by atoms with Crippen LogP contribution in [0.4, 0.5) is 0 Å². The second kappa shape index (κ2) is 4.39. The zero-order chi connectivity index (χ0) is 4.12. The fourth-order valence-corrected chi connectivity index (χ4v) is 1.42. The number of rotatable bonds is 2. The Balaban J connectivity index is 2.19. The molecule has 0 aromatic carbocycles. The van der Waals surface area contributed by atoms with Gasteiger partial charge in [-0.1, -0.05) is 6.04 Å². The van der Waals surface area contributed by atoms with E-state index in [0.29, 0.717) is 0 Å². The summed E-state index contributed by atoms with van der Waals surface area (Å²) in [6, 6.07) is 2.44. The minimum atomic E-state index is -0.551. The van der Waals surface area contributed by atoms with Gasteiger partial charge in [0.1, 0.15) is 0 Å². The first kappa shape index (κ1) is 5.39. The van der Waals surface area contributed by atoms with Crippen molar-refractivity contribution in [1.82, 2.24) is 0 Å². The Morgan fingerprint density at radius 2 is 2.40 bits per heavy atom. The summed E-state index contributed by atoms with van der Waals surface area (Å²) < 4.78 is 0. The summed E-state index contributed by atoms with van der Waals surface area (Å²) in [7, 11) is 0.722. The Labute approximate surface area is 37.8 Å². The van der Waals surface area contributed by atoms with Gasteiger partial charge in [-0.25, -0.2) is 0 Å². The van der Waals surface area contributed by atoms with Crippen molar-refractivity contribution in [1.29, 1.82) is 0 Å². The number of hydrogen-bond acceptors (Lipinski definition) is 1. The largest absolute Gasteiger partial charge is 0.438 e. The van der Waals surface area contributed by atoms with Crippen molar-refractivity contribution >= 4 is 20.0 Å². The van der Waals surface area contributed by atoms with Crippen LogP contribution in [0.15, 0.2) is 0 Å². The molecule has 0 fully saturated rings. The van der Waals surface area contributed by atoms with Crippen LogP contribution in [-0.4, -0.2) is 24.8 Å². The maximum Gasteiger partial charge on any atom is 0.156 e. The molecule has 0 aliphatic rings. The average molecular weight is 106 g/mol. The van der Waals surface area contributed by atoms with Crippen molar-refractivity contribution in [3.63, 3.8) is 0 Å². The smallest absolute Gasteiger partial charge is 0.156 e. The SMILES string of the molecule is O[SiH2]CC[SiH3].